The molecule has 174 valence electrons. The van der Waals surface area contributed by atoms with Gasteiger partial charge < -0.3 is 14.2 Å². The van der Waals surface area contributed by atoms with E-state index in [9.17, 15) is 4.79 Å². The maximum absolute atomic E-state index is 12.4. The molecule has 0 spiro atoms. The van der Waals surface area contributed by atoms with Gasteiger partial charge in [-0.1, -0.05) is 53.0 Å². The second-order valence-corrected chi connectivity index (χ2v) is 9.20. The summed E-state index contributed by atoms with van der Waals surface area (Å²) in [5.41, 5.74) is 3.55. The monoisotopic (exact) mass is 559 g/mol. The third-order valence-corrected chi connectivity index (χ3v) is 6.06. The van der Waals surface area contributed by atoms with E-state index in [0.717, 1.165) is 5.56 Å². The Hall–Kier alpha value is -2.80. The lowest BCUT2D eigenvalue weighted by Crippen LogP contribution is -2.06. The molecule has 34 heavy (non-hydrogen) atoms. The molecule has 0 fully saturated rings. The number of cyclic esters (lactones) is 1. The highest BCUT2D eigenvalue weighted by atomic mass is 79.9. The van der Waals surface area contributed by atoms with E-state index in [1.165, 1.54) is 5.56 Å². The first-order chi connectivity index (χ1) is 16.3. The van der Waals surface area contributed by atoms with Crippen molar-refractivity contribution < 1.29 is 19.0 Å². The Morgan fingerprint density at radius 2 is 1.82 bits per heavy atom. The number of aliphatic imine (C=N–C) groups is 1. The largest absolute Gasteiger partial charge is 0.490 e. The lowest BCUT2D eigenvalue weighted by atomic mass is 10.1. The summed E-state index contributed by atoms with van der Waals surface area (Å²) in [5, 5.41) is 0.823. The van der Waals surface area contributed by atoms with Crippen LogP contribution in [0.3, 0.4) is 0 Å². The minimum Gasteiger partial charge on any atom is -0.490 e. The van der Waals surface area contributed by atoms with E-state index in [1.807, 2.05) is 44.2 Å². The van der Waals surface area contributed by atoms with Crippen LogP contribution < -0.4 is 9.47 Å². The Bertz CT molecular complexity index is 1300. The summed E-state index contributed by atoms with van der Waals surface area (Å²) in [5.74, 6) is 0.678. The van der Waals surface area contributed by atoms with Crippen LogP contribution in [0.1, 0.15) is 29.2 Å². The SMILES string of the molecule is CCOc1cc(/C=C2\N=C(c3ccc(Cl)cc3Cl)OC2=O)cc(Br)c1OCc1ccc(C)cc1. The van der Waals surface area contributed by atoms with Crippen LogP contribution in [-0.2, 0) is 16.1 Å². The summed E-state index contributed by atoms with van der Waals surface area (Å²) < 4.78 is 17.9. The molecule has 0 bridgehead atoms. The first-order valence-corrected chi connectivity index (χ1v) is 12.0. The number of halogens is 3. The molecule has 3 aromatic rings. The van der Waals surface area contributed by atoms with Crippen LogP contribution in [-0.4, -0.2) is 18.5 Å². The van der Waals surface area contributed by atoms with Crippen molar-refractivity contribution in [3.8, 4) is 11.5 Å². The quantitative estimate of drug-likeness (QED) is 0.223. The van der Waals surface area contributed by atoms with E-state index in [2.05, 4.69) is 20.9 Å². The summed E-state index contributed by atoms with van der Waals surface area (Å²) in [7, 11) is 0. The lowest BCUT2D eigenvalue weighted by molar-refractivity contribution is -0.129. The van der Waals surface area contributed by atoms with Crippen LogP contribution in [0, 0.1) is 6.92 Å². The Morgan fingerprint density at radius 3 is 2.53 bits per heavy atom. The molecule has 1 aliphatic rings. The van der Waals surface area contributed by atoms with Gasteiger partial charge in [-0.15, -0.1) is 0 Å². The van der Waals surface area contributed by atoms with E-state index < -0.39 is 5.97 Å². The molecule has 8 heteroatoms. The maximum atomic E-state index is 12.4. The number of carbonyl (C=O) groups is 1. The zero-order chi connectivity index (χ0) is 24.2. The van der Waals surface area contributed by atoms with Gasteiger partial charge in [0.2, 0.25) is 5.90 Å². The number of aryl methyl sites for hydroxylation is 1. The Morgan fingerprint density at radius 1 is 1.06 bits per heavy atom. The fraction of sp³-hybridized carbons (Fsp3) is 0.154. The predicted octanol–water partition coefficient (Wildman–Crippen LogP) is 7.39. The molecule has 0 saturated carbocycles. The first kappa shape index (κ1) is 24.3. The molecule has 0 unspecified atom stereocenters. The number of carbonyl (C=O) groups excluding carboxylic acids is 1. The van der Waals surface area contributed by atoms with E-state index in [0.29, 0.717) is 50.4 Å². The molecule has 4 rings (SSSR count). The minimum absolute atomic E-state index is 0.125. The first-order valence-electron chi connectivity index (χ1n) is 10.5. The van der Waals surface area contributed by atoms with Crippen molar-refractivity contribution in [2.75, 3.05) is 6.61 Å². The van der Waals surface area contributed by atoms with Crippen LogP contribution in [0.5, 0.6) is 11.5 Å². The molecule has 0 atom stereocenters. The third kappa shape index (κ3) is 5.63. The zero-order valence-corrected chi connectivity index (χ0v) is 21.5. The highest BCUT2D eigenvalue weighted by molar-refractivity contribution is 9.10. The van der Waals surface area contributed by atoms with Crippen molar-refractivity contribution in [1.82, 2.24) is 0 Å². The molecular weight excluding hydrogens is 541 g/mol. The van der Waals surface area contributed by atoms with Gasteiger partial charge in [0, 0.05) is 5.02 Å². The van der Waals surface area contributed by atoms with Gasteiger partial charge in [-0.3, -0.25) is 0 Å². The maximum Gasteiger partial charge on any atom is 0.363 e. The van der Waals surface area contributed by atoms with Gasteiger partial charge >= 0.3 is 5.97 Å². The predicted molar refractivity (Wildman–Crippen MR) is 138 cm³/mol. The highest BCUT2D eigenvalue weighted by Crippen LogP contribution is 2.38. The van der Waals surface area contributed by atoms with E-state index in [1.54, 1.807) is 30.3 Å². The number of esters is 1. The van der Waals surface area contributed by atoms with Crippen LogP contribution in [0.15, 0.2) is 69.8 Å². The van der Waals surface area contributed by atoms with Gasteiger partial charge in [-0.05, 0) is 77.3 Å². The molecular formula is C26H20BrCl2NO4. The number of benzene rings is 3. The summed E-state index contributed by atoms with van der Waals surface area (Å²) in [4.78, 5) is 16.8. The molecule has 0 amide bonds. The van der Waals surface area contributed by atoms with E-state index in [-0.39, 0.29) is 11.6 Å². The summed E-state index contributed by atoms with van der Waals surface area (Å²) in [6.45, 7) is 4.77. The van der Waals surface area contributed by atoms with Gasteiger partial charge in [0.1, 0.15) is 6.61 Å². The van der Waals surface area contributed by atoms with E-state index >= 15 is 0 Å². The standard InChI is InChI=1S/C26H20BrCl2NO4/c1-3-32-23-12-17(10-20(27)24(23)33-14-16-6-4-15(2)5-7-16)11-22-26(31)34-25(30-22)19-9-8-18(28)13-21(19)29/h4-13H,3,14H2,1-2H3/b22-11-. The fourth-order valence-corrected chi connectivity index (χ4v) is 4.32. The molecule has 0 aliphatic carbocycles. The second-order valence-electron chi connectivity index (χ2n) is 7.50. The average Bonchev–Trinajstić information content (AvgIpc) is 3.14. The van der Waals surface area contributed by atoms with E-state index in [4.69, 9.17) is 37.4 Å². The summed E-state index contributed by atoms with van der Waals surface area (Å²) in [6.07, 6.45) is 1.62. The van der Waals surface area contributed by atoms with Gasteiger partial charge in [-0.25, -0.2) is 9.79 Å². The third-order valence-electron chi connectivity index (χ3n) is 4.92. The molecule has 0 saturated heterocycles. The van der Waals surface area contributed by atoms with Crippen LogP contribution >= 0.6 is 39.1 Å². The number of hydrogen-bond acceptors (Lipinski definition) is 5. The van der Waals surface area contributed by atoms with Crippen LogP contribution in [0.25, 0.3) is 6.08 Å². The Labute approximate surface area is 216 Å². The van der Waals surface area contributed by atoms with Crippen molar-refractivity contribution in [2.24, 2.45) is 4.99 Å². The average molecular weight is 561 g/mol. The van der Waals surface area contributed by atoms with Crippen molar-refractivity contribution in [2.45, 2.75) is 20.5 Å². The Balaban J connectivity index is 1.61. The lowest BCUT2D eigenvalue weighted by Gasteiger charge is -2.15. The van der Waals surface area contributed by atoms with Gasteiger partial charge in [0.15, 0.2) is 17.2 Å². The summed E-state index contributed by atoms with van der Waals surface area (Å²) in [6, 6.07) is 16.6. The smallest absolute Gasteiger partial charge is 0.363 e. The molecule has 1 heterocycles. The van der Waals surface area contributed by atoms with Crippen LogP contribution in [0.2, 0.25) is 10.0 Å². The Kier molecular flexibility index (Phi) is 7.61. The number of rotatable bonds is 7. The zero-order valence-electron chi connectivity index (χ0n) is 18.4. The number of hydrogen-bond donors (Lipinski definition) is 0. The topological polar surface area (TPSA) is 57.1 Å². The van der Waals surface area contributed by atoms with Crippen molar-refractivity contribution in [1.29, 1.82) is 0 Å². The number of nitrogens with zero attached hydrogens (tertiary/aromatic N) is 1. The van der Waals surface area contributed by atoms with Gasteiger partial charge in [0.25, 0.3) is 0 Å². The molecule has 0 radical (unpaired) electrons. The summed E-state index contributed by atoms with van der Waals surface area (Å²) >= 11 is 15.7. The van der Waals surface area contributed by atoms with Gasteiger partial charge in [-0.2, -0.15) is 0 Å². The van der Waals surface area contributed by atoms with Crippen LogP contribution in [0.4, 0.5) is 0 Å². The molecule has 0 aromatic heterocycles. The number of ether oxygens (including phenoxy) is 3. The van der Waals surface area contributed by atoms with Crippen molar-refractivity contribution >= 4 is 57.1 Å². The molecule has 1 aliphatic heterocycles. The molecule has 0 N–H and O–H groups in total. The van der Waals surface area contributed by atoms with Gasteiger partial charge in [0.05, 0.1) is 21.7 Å². The highest BCUT2D eigenvalue weighted by Gasteiger charge is 2.26. The fourth-order valence-electron chi connectivity index (χ4n) is 3.26. The molecule has 5 nitrogen and oxygen atoms in total. The van der Waals surface area contributed by atoms with Crippen molar-refractivity contribution in [3.05, 3.63) is 97.1 Å². The van der Waals surface area contributed by atoms with Crippen molar-refractivity contribution in [3.63, 3.8) is 0 Å². The second kappa shape index (κ2) is 10.6. The minimum atomic E-state index is -0.574. The molecule has 3 aromatic carbocycles. The normalized spacial score (nSPS) is 14.2.